The molecule has 0 aromatic carbocycles. The predicted octanol–water partition coefficient (Wildman–Crippen LogP) is -7.70. The number of primary amides is 3. The molecule has 96 heavy (non-hydrogen) atoms. The lowest BCUT2D eigenvalue weighted by Crippen LogP contribution is -2.65. The molecule has 18 unspecified atom stereocenters. The van der Waals surface area contributed by atoms with Crippen LogP contribution in [-0.4, -0.2) is 267 Å². The Labute approximate surface area is 559 Å². The molecule has 2 saturated heterocycles. The first-order chi connectivity index (χ1) is 45.3. The Kier molecular flexibility index (Phi) is 29.0. The van der Waals surface area contributed by atoms with Gasteiger partial charge in [-0.2, -0.15) is 0 Å². The second-order valence-corrected chi connectivity index (χ2v) is 27.0. The Morgan fingerprint density at radius 1 is 0.781 bits per heavy atom. The number of ether oxygens (including phenoxy) is 5. The number of aromatic amines is 1. The highest BCUT2D eigenvalue weighted by molar-refractivity contribution is 7.95. The van der Waals surface area contributed by atoms with E-state index in [1.165, 1.54) is 50.4 Å². The van der Waals surface area contributed by atoms with Crippen molar-refractivity contribution in [1.29, 1.82) is 0 Å². The lowest BCUT2D eigenvalue weighted by molar-refractivity contribution is -0.372. The van der Waals surface area contributed by atoms with Crippen LogP contribution in [-0.2, 0) is 65.0 Å². The number of carbonyl (C=O) groups is 8. The summed E-state index contributed by atoms with van der Waals surface area (Å²) in [4.78, 5) is 131. The van der Waals surface area contributed by atoms with E-state index in [1.54, 1.807) is 10.8 Å². The van der Waals surface area contributed by atoms with Gasteiger partial charge in [0, 0.05) is 55.2 Å². The number of aromatic nitrogens is 6. The fourth-order valence-corrected chi connectivity index (χ4v) is 12.1. The van der Waals surface area contributed by atoms with Crippen molar-refractivity contribution in [1.82, 2.24) is 61.8 Å². The summed E-state index contributed by atoms with van der Waals surface area (Å²) in [5.74, 6) is -7.69. The summed E-state index contributed by atoms with van der Waals surface area (Å²) in [6.45, 7) is 3.18. The molecule has 41 heteroatoms. The van der Waals surface area contributed by atoms with Gasteiger partial charge < -0.3 is 130 Å². The van der Waals surface area contributed by atoms with Gasteiger partial charge in [-0.1, -0.05) is 6.92 Å². The number of nitrogen functional groups attached to an aromatic ring is 1. The van der Waals surface area contributed by atoms with Crippen LogP contribution in [0.2, 0.25) is 0 Å². The van der Waals surface area contributed by atoms with Gasteiger partial charge in [0.1, 0.15) is 100 Å². The van der Waals surface area contributed by atoms with Gasteiger partial charge in [-0.15, -0.1) is 22.7 Å². The smallest absolute Gasteiger partial charge is 0.404 e. The first-order valence-electron chi connectivity index (χ1n) is 29.8. The Balaban J connectivity index is 1.26. The van der Waals surface area contributed by atoms with Crippen molar-refractivity contribution in [3.8, 4) is 10.7 Å². The number of H-pyrrole nitrogens is 1. The minimum absolute atomic E-state index is 0.00498. The minimum Gasteiger partial charge on any atom is -0.441 e. The summed E-state index contributed by atoms with van der Waals surface area (Å²) in [6.07, 6.45) is -20.0. The van der Waals surface area contributed by atoms with Crippen LogP contribution in [0.15, 0.2) is 23.3 Å². The van der Waals surface area contributed by atoms with Crippen molar-refractivity contribution in [2.75, 3.05) is 56.8 Å². The Morgan fingerprint density at radius 2 is 1.47 bits per heavy atom. The maximum Gasteiger partial charge on any atom is 0.404 e. The van der Waals surface area contributed by atoms with Crippen molar-refractivity contribution in [2.24, 2.45) is 28.9 Å². The zero-order chi connectivity index (χ0) is 71.0. The van der Waals surface area contributed by atoms with Crippen molar-refractivity contribution >= 4 is 86.8 Å². The van der Waals surface area contributed by atoms with Gasteiger partial charge in [0.15, 0.2) is 18.7 Å². The van der Waals surface area contributed by atoms with Crippen molar-refractivity contribution < 1.29 is 103 Å². The monoisotopic (exact) mass is 1410 g/mol. The second-order valence-electron chi connectivity index (χ2n) is 22.8. The van der Waals surface area contributed by atoms with E-state index in [0.29, 0.717) is 22.3 Å². The number of nitrogens with zero attached hydrogens (tertiary/aromatic N) is 5. The summed E-state index contributed by atoms with van der Waals surface area (Å²) >= 11 is 2.52. The average molecular weight is 1420 g/mol. The number of nitrogens with two attached hydrogens (primary N) is 5. The van der Waals surface area contributed by atoms with E-state index in [4.69, 9.17) is 52.4 Å². The van der Waals surface area contributed by atoms with Crippen LogP contribution in [0.1, 0.15) is 88.8 Å². The van der Waals surface area contributed by atoms with E-state index in [-0.39, 0.29) is 64.9 Å². The first-order valence-corrected chi connectivity index (χ1v) is 33.8. The molecule has 0 radical (unpaired) electrons. The molecule has 25 N–H and O–H groups in total. The zero-order valence-corrected chi connectivity index (χ0v) is 55.3. The van der Waals surface area contributed by atoms with Gasteiger partial charge in [-0.3, -0.25) is 33.6 Å². The maximum atomic E-state index is 15.2. The van der Waals surface area contributed by atoms with E-state index in [2.05, 4.69) is 74.3 Å². The van der Waals surface area contributed by atoms with E-state index in [1.807, 2.05) is 0 Å². The number of carbonyl (C=O) groups excluding carboxylic acids is 8. The third-order valence-corrected chi connectivity index (χ3v) is 18.2. The number of aliphatic hydroxyl groups is 8. The molecule has 4 aromatic heterocycles. The van der Waals surface area contributed by atoms with Gasteiger partial charge in [0.2, 0.25) is 29.5 Å². The molecule has 8 amide bonds. The Morgan fingerprint density at radius 3 is 2.09 bits per heavy atom. The van der Waals surface area contributed by atoms with Crippen LogP contribution < -0.4 is 60.6 Å². The molecule has 2 fully saturated rings. The summed E-state index contributed by atoms with van der Waals surface area (Å²) in [5, 5.41) is 108. The summed E-state index contributed by atoms with van der Waals surface area (Å²) in [6, 6.07) is -7.85. The van der Waals surface area contributed by atoms with Crippen LogP contribution >= 0.6 is 22.7 Å². The van der Waals surface area contributed by atoms with Crippen LogP contribution in [0.25, 0.3) is 10.7 Å². The molecule has 0 aliphatic carbocycles. The highest BCUT2D eigenvalue weighted by Gasteiger charge is 2.54. The van der Waals surface area contributed by atoms with Crippen LogP contribution in [0.3, 0.4) is 0 Å². The Bertz CT molecular complexity index is 3280. The molecule has 0 bridgehead atoms. The SMILES string of the molecule is Cc1c(N)nc(C(CC(N)=O)NCC(N)C(N)=O)nc1C(=O)NC(C(=O)NC(C)C(O)C(C)C(=O)NC(C(=O)NCCc1nc(-c2nc(C(=O)NCCC[S+](C)C)cs2)cs1)C(C)O)C(OC1OC(CO)C(O)C(O)[C@H]1OC1OC(CO)C(O)C(OC(N)=O)C1O)c1cnc[nH]1. The van der Waals surface area contributed by atoms with Crippen molar-refractivity contribution in [2.45, 2.75) is 157 Å². The molecule has 2 aliphatic rings. The minimum atomic E-state index is -2.20. The quantitative estimate of drug-likeness (QED) is 0.0150. The van der Waals surface area contributed by atoms with Gasteiger partial charge in [0.25, 0.3) is 11.8 Å². The molecule has 2 aliphatic heterocycles. The van der Waals surface area contributed by atoms with Crippen LogP contribution in [0, 0.1) is 12.8 Å². The standard InChI is InChI=1S/C55H83N17O21S3/c1-20-33(69-46(72-44(20)58)25(12-31(57)76)64-13-24(56)45(59)82)50(86)71-35(41(26-14-61-19-65-26)91-54-43(39(80)37(78)29(15-73)90-54)92-53-40(81)42(93-55(60)88)38(79)30(16-74)89-53)51(87)66-22(3)36(77)21(2)47(83)70-34(23(4)75)49(85)63-10-8-32-67-28(18-94-32)52-68-27(17-95-52)48(84)62-9-7-11-96(5)6/h14,17-19,21-25,29-30,34-43,53-54,64,73-75,77-81H,7-13,15-16,56H2,1-6H3,(H13-,57,58,59,60,61,62,63,65,66,69,70,71,72,76,82,83,84,85,86,87,88)/p+1/t21?,22?,23?,24?,25?,29?,30?,34?,35?,36?,37?,38?,39?,40?,41?,42?,43-,53?,54?/m1/s1. The summed E-state index contributed by atoms with van der Waals surface area (Å²) in [7, 11) is 0.254. The van der Waals surface area contributed by atoms with Crippen LogP contribution in [0.5, 0.6) is 0 Å². The number of amides is 8. The molecule has 0 saturated carbocycles. The molecule has 532 valence electrons. The van der Waals surface area contributed by atoms with Gasteiger partial charge in [-0.05, 0) is 31.7 Å². The van der Waals surface area contributed by atoms with Gasteiger partial charge >= 0.3 is 6.09 Å². The number of anilines is 1. The normalized spacial score (nSPS) is 24.0. The van der Waals surface area contributed by atoms with Gasteiger partial charge in [-0.25, -0.2) is 29.7 Å². The summed E-state index contributed by atoms with van der Waals surface area (Å²) in [5.41, 5.74) is 28.1. The van der Waals surface area contributed by atoms with Gasteiger partial charge in [0.05, 0.1) is 85.2 Å². The zero-order valence-electron chi connectivity index (χ0n) is 52.9. The first kappa shape index (κ1) is 77.7. The molecule has 6 rings (SSSR count). The molecule has 0 spiro atoms. The largest absolute Gasteiger partial charge is 0.441 e. The van der Waals surface area contributed by atoms with E-state index >= 15 is 4.79 Å². The molecule has 38 nitrogen and oxygen atoms in total. The number of aliphatic hydroxyl groups excluding tert-OH is 8. The fraction of sp³-hybridized carbons (Fsp3) is 0.618. The third kappa shape index (κ3) is 20.6. The lowest BCUT2D eigenvalue weighted by atomic mass is 9.96. The number of thiazole rings is 2. The van der Waals surface area contributed by atoms with E-state index in [9.17, 15) is 74.4 Å². The average Bonchev–Trinajstić information content (AvgIpc) is 0.885. The summed E-state index contributed by atoms with van der Waals surface area (Å²) < 4.78 is 28.7. The molecule has 4 aromatic rings. The number of rotatable bonds is 35. The van der Waals surface area contributed by atoms with E-state index in [0.717, 1.165) is 24.7 Å². The lowest BCUT2D eigenvalue weighted by Gasteiger charge is -2.47. The topological polar surface area (TPSA) is 627 Å². The Hall–Kier alpha value is -7.30. The second kappa shape index (κ2) is 35.8. The maximum absolute atomic E-state index is 15.2. The number of hydrogen-bond acceptors (Lipinski definition) is 31. The number of nitrogens with one attached hydrogen (secondary N) is 7. The highest BCUT2D eigenvalue weighted by Crippen LogP contribution is 2.35. The molecular weight excluding hydrogens is 1330 g/mol. The number of imidazole rings is 1. The molecule has 19 atom stereocenters. The number of hydrogen-bond donors (Lipinski definition) is 20. The van der Waals surface area contributed by atoms with Crippen LogP contribution in [0.4, 0.5) is 10.6 Å². The van der Waals surface area contributed by atoms with E-state index < -0.39 is 183 Å². The van der Waals surface area contributed by atoms with Crippen molar-refractivity contribution in [3.05, 3.63) is 56.8 Å². The highest BCUT2D eigenvalue weighted by atomic mass is 32.2. The molecular formula is C55H84N17O21S3+. The molecule has 6 heterocycles. The van der Waals surface area contributed by atoms with Crippen molar-refractivity contribution in [3.63, 3.8) is 0 Å². The third-order valence-electron chi connectivity index (χ3n) is 15.3. The predicted molar refractivity (Wildman–Crippen MR) is 339 cm³/mol. The fourth-order valence-electron chi connectivity index (χ4n) is 9.80.